The maximum Gasteiger partial charge on any atom is 0.336 e. The van der Waals surface area contributed by atoms with E-state index < -0.39 is 0 Å². The predicted octanol–water partition coefficient (Wildman–Crippen LogP) is 3.30. The molecule has 0 saturated carbocycles. The topological polar surface area (TPSA) is 56.9 Å². The molecule has 1 unspecified atom stereocenters. The van der Waals surface area contributed by atoms with Crippen molar-refractivity contribution in [2.45, 2.75) is 19.5 Å². The largest absolute Gasteiger partial charge is 0.508 e. The quantitative estimate of drug-likeness (QED) is 0.723. The van der Waals surface area contributed by atoms with E-state index in [1.165, 1.54) is 5.56 Å². The number of phenolic OH excluding ortho intramolecular Hbond substituents is 1. The van der Waals surface area contributed by atoms with Crippen molar-refractivity contribution >= 4 is 11.0 Å². The highest BCUT2D eigenvalue weighted by Crippen LogP contribution is 2.31. The van der Waals surface area contributed by atoms with Crippen molar-refractivity contribution < 1.29 is 9.52 Å². The summed E-state index contributed by atoms with van der Waals surface area (Å²) in [6.07, 6.45) is 0. The number of piperazine rings is 1. The highest BCUT2D eigenvalue weighted by atomic mass is 16.4. The van der Waals surface area contributed by atoms with E-state index in [0.29, 0.717) is 17.7 Å². The highest BCUT2D eigenvalue weighted by molar-refractivity contribution is 5.84. The first-order valence-corrected chi connectivity index (χ1v) is 9.26. The molecule has 0 amide bonds. The van der Waals surface area contributed by atoms with Gasteiger partial charge in [0, 0.05) is 49.2 Å². The molecule has 1 fully saturated rings. The number of hydrogen-bond donors (Lipinski definition) is 1. The Morgan fingerprint density at radius 2 is 1.93 bits per heavy atom. The van der Waals surface area contributed by atoms with Gasteiger partial charge in [-0.3, -0.25) is 4.90 Å². The van der Waals surface area contributed by atoms with Gasteiger partial charge < -0.3 is 14.4 Å². The zero-order chi connectivity index (χ0) is 19.0. The first-order valence-electron chi connectivity index (χ1n) is 9.26. The molecule has 1 aliphatic heterocycles. The van der Waals surface area contributed by atoms with Crippen molar-refractivity contribution in [1.82, 2.24) is 9.80 Å². The minimum absolute atomic E-state index is 0.143. The van der Waals surface area contributed by atoms with E-state index in [2.05, 4.69) is 41.1 Å². The summed E-state index contributed by atoms with van der Waals surface area (Å²) in [6.45, 7) is 5.30. The molecule has 1 N–H and O–H groups in total. The van der Waals surface area contributed by atoms with Gasteiger partial charge in [-0.15, -0.1) is 0 Å². The average molecular weight is 364 g/mol. The maximum absolute atomic E-state index is 12.1. The van der Waals surface area contributed by atoms with E-state index in [1.54, 1.807) is 19.1 Å². The van der Waals surface area contributed by atoms with Crippen LogP contribution in [0.4, 0.5) is 0 Å². The van der Waals surface area contributed by atoms with Crippen LogP contribution in [0, 0.1) is 6.92 Å². The normalized spacial score (nSPS) is 18.8. The lowest BCUT2D eigenvalue weighted by atomic mass is 10.0. The van der Waals surface area contributed by atoms with Crippen LogP contribution < -0.4 is 5.63 Å². The Balaban J connectivity index is 1.74. The minimum Gasteiger partial charge on any atom is -0.508 e. The van der Waals surface area contributed by atoms with Crippen LogP contribution in [0.2, 0.25) is 0 Å². The van der Waals surface area contributed by atoms with Crippen molar-refractivity contribution in [2.75, 3.05) is 26.7 Å². The van der Waals surface area contributed by atoms with E-state index in [-0.39, 0.29) is 17.4 Å². The summed E-state index contributed by atoms with van der Waals surface area (Å²) in [6, 6.07) is 15.9. The summed E-state index contributed by atoms with van der Waals surface area (Å²) >= 11 is 0. The molecule has 140 valence electrons. The molecule has 1 saturated heterocycles. The Kier molecular flexibility index (Phi) is 4.72. The number of hydrogen-bond acceptors (Lipinski definition) is 5. The molecule has 2 heterocycles. The molecule has 5 nitrogen and oxygen atoms in total. The molecule has 5 heteroatoms. The van der Waals surface area contributed by atoms with Crippen molar-refractivity contribution in [1.29, 1.82) is 0 Å². The van der Waals surface area contributed by atoms with Crippen LogP contribution >= 0.6 is 0 Å². The fourth-order valence-electron chi connectivity index (χ4n) is 3.90. The van der Waals surface area contributed by atoms with Gasteiger partial charge in [-0.05, 0) is 37.2 Å². The summed E-state index contributed by atoms with van der Waals surface area (Å²) in [5.74, 6) is 0.143. The van der Waals surface area contributed by atoms with Crippen LogP contribution in [0.3, 0.4) is 0 Å². The Morgan fingerprint density at radius 1 is 1.15 bits per heavy atom. The Morgan fingerprint density at radius 3 is 2.70 bits per heavy atom. The summed E-state index contributed by atoms with van der Waals surface area (Å²) in [5, 5.41) is 10.8. The number of fused-ring (bicyclic) bond motifs is 1. The summed E-state index contributed by atoms with van der Waals surface area (Å²) in [7, 11) is 2.14. The average Bonchev–Trinajstić information content (AvgIpc) is 2.67. The number of aryl methyl sites for hydroxylation is 1. The standard InChI is InChI=1S/C22H24N2O3/c1-15-20(25)9-8-18-17(12-21(26)27-22(15)18)13-24-11-10-23(2)14-19(24)16-6-4-3-5-7-16/h3-9,12,19,25H,10-11,13-14H2,1-2H3. The molecule has 0 bridgehead atoms. The summed E-state index contributed by atoms with van der Waals surface area (Å²) < 4.78 is 5.39. The molecule has 0 radical (unpaired) electrons. The van der Waals surface area contributed by atoms with Crippen molar-refractivity contribution in [3.8, 4) is 5.75 Å². The molecule has 4 rings (SSSR count). The van der Waals surface area contributed by atoms with Gasteiger partial charge in [-0.1, -0.05) is 30.3 Å². The van der Waals surface area contributed by atoms with Gasteiger partial charge >= 0.3 is 5.63 Å². The Bertz CT molecular complexity index is 1010. The van der Waals surface area contributed by atoms with E-state index in [9.17, 15) is 9.90 Å². The fraction of sp³-hybridized carbons (Fsp3) is 0.318. The van der Waals surface area contributed by atoms with Crippen LogP contribution in [0.1, 0.15) is 22.7 Å². The lowest BCUT2D eigenvalue weighted by Gasteiger charge is -2.40. The molecular weight excluding hydrogens is 340 g/mol. The molecule has 2 aromatic carbocycles. The molecule has 27 heavy (non-hydrogen) atoms. The first kappa shape index (κ1) is 17.8. The number of aromatic hydroxyl groups is 1. The number of benzene rings is 2. The maximum atomic E-state index is 12.1. The number of nitrogens with zero attached hydrogens (tertiary/aromatic N) is 2. The second-order valence-electron chi connectivity index (χ2n) is 7.34. The summed E-state index contributed by atoms with van der Waals surface area (Å²) in [5.41, 5.74) is 2.92. The van der Waals surface area contributed by atoms with Crippen LogP contribution in [0.5, 0.6) is 5.75 Å². The molecule has 0 aliphatic carbocycles. The van der Waals surface area contributed by atoms with Crippen LogP contribution in [-0.4, -0.2) is 41.6 Å². The zero-order valence-electron chi connectivity index (χ0n) is 15.7. The third kappa shape index (κ3) is 3.48. The Hall–Kier alpha value is -2.63. The predicted molar refractivity (Wildman–Crippen MR) is 106 cm³/mol. The summed E-state index contributed by atoms with van der Waals surface area (Å²) in [4.78, 5) is 16.9. The number of likely N-dealkylation sites (N-methyl/N-ethyl adjacent to an activating group) is 1. The van der Waals surface area contributed by atoms with Gasteiger partial charge in [0.1, 0.15) is 11.3 Å². The van der Waals surface area contributed by atoms with Gasteiger partial charge in [-0.2, -0.15) is 0 Å². The third-order valence-electron chi connectivity index (χ3n) is 5.47. The number of phenols is 1. The number of rotatable bonds is 3. The first-order chi connectivity index (χ1) is 13.0. The second kappa shape index (κ2) is 7.18. The van der Waals surface area contributed by atoms with Gasteiger partial charge in [0.25, 0.3) is 0 Å². The lowest BCUT2D eigenvalue weighted by Crippen LogP contribution is -2.46. The smallest absolute Gasteiger partial charge is 0.336 e. The van der Waals surface area contributed by atoms with Crippen molar-refractivity contribution in [2.24, 2.45) is 0 Å². The Labute approximate surface area is 158 Å². The van der Waals surface area contributed by atoms with Gasteiger partial charge in [-0.25, -0.2) is 4.79 Å². The van der Waals surface area contributed by atoms with E-state index in [1.807, 2.05) is 12.1 Å². The zero-order valence-corrected chi connectivity index (χ0v) is 15.7. The second-order valence-corrected chi connectivity index (χ2v) is 7.34. The molecular formula is C22H24N2O3. The monoisotopic (exact) mass is 364 g/mol. The van der Waals surface area contributed by atoms with E-state index in [0.717, 1.165) is 30.6 Å². The molecule has 0 spiro atoms. The minimum atomic E-state index is -0.378. The van der Waals surface area contributed by atoms with Crippen molar-refractivity contribution in [3.63, 3.8) is 0 Å². The van der Waals surface area contributed by atoms with E-state index >= 15 is 0 Å². The van der Waals surface area contributed by atoms with Gasteiger partial charge in [0.05, 0.1) is 0 Å². The fourth-order valence-corrected chi connectivity index (χ4v) is 3.90. The van der Waals surface area contributed by atoms with E-state index in [4.69, 9.17) is 4.42 Å². The SMILES string of the molecule is Cc1c(O)ccc2c(CN3CCN(C)CC3c3ccccc3)cc(=O)oc12. The van der Waals surface area contributed by atoms with Crippen LogP contribution in [0.15, 0.2) is 57.7 Å². The van der Waals surface area contributed by atoms with Crippen LogP contribution in [0.25, 0.3) is 11.0 Å². The lowest BCUT2D eigenvalue weighted by molar-refractivity contribution is 0.0836. The molecule has 1 atom stereocenters. The third-order valence-corrected chi connectivity index (χ3v) is 5.47. The van der Waals surface area contributed by atoms with Gasteiger partial charge in [0.15, 0.2) is 0 Å². The highest BCUT2D eigenvalue weighted by Gasteiger charge is 2.27. The molecule has 3 aromatic rings. The molecule has 1 aromatic heterocycles. The van der Waals surface area contributed by atoms with Crippen LogP contribution in [-0.2, 0) is 6.54 Å². The molecule has 1 aliphatic rings. The van der Waals surface area contributed by atoms with Gasteiger partial charge in [0.2, 0.25) is 0 Å². The van der Waals surface area contributed by atoms with Crippen molar-refractivity contribution in [3.05, 3.63) is 75.6 Å².